The Morgan fingerprint density at radius 3 is 2.50 bits per heavy atom. The fraction of sp³-hybridized carbons (Fsp3) is 0.400. The molecule has 0 aliphatic rings. The minimum Gasteiger partial charge on any atom is -0.481 e. The van der Waals surface area contributed by atoms with Gasteiger partial charge in [0.05, 0.1) is 5.92 Å². The maximum absolute atomic E-state index is 12.2. The number of rotatable bonds is 3. The summed E-state index contributed by atoms with van der Waals surface area (Å²) in [4.78, 5) is 13.8. The van der Waals surface area contributed by atoms with Crippen LogP contribution in [0.1, 0.15) is 18.2 Å². The lowest BCUT2D eigenvalue weighted by molar-refractivity contribution is -0.142. The van der Waals surface area contributed by atoms with E-state index >= 15 is 0 Å². The predicted octanol–water partition coefficient (Wildman–Crippen LogP) is 2.36. The highest BCUT2D eigenvalue weighted by atomic mass is 19.4. The highest BCUT2D eigenvalue weighted by Gasteiger charge is 2.32. The lowest BCUT2D eigenvalue weighted by Gasteiger charge is -2.08. The molecule has 3 nitrogen and oxygen atoms in total. The molecule has 1 N–H and O–H groups in total. The van der Waals surface area contributed by atoms with Crippen LogP contribution in [0, 0.1) is 5.92 Å². The third-order valence-corrected chi connectivity index (χ3v) is 2.08. The summed E-state index contributed by atoms with van der Waals surface area (Å²) in [6.45, 7) is 1.49. The number of aromatic nitrogens is 1. The average Bonchev–Trinajstić information content (AvgIpc) is 2.17. The standard InChI is InChI=1S/C10H10F3NO2/c1-6(9(15)16)4-7-2-3-8(14-5-7)10(11,12)13/h2-3,5-6H,4H2,1H3,(H,15,16). The third kappa shape index (κ3) is 3.22. The van der Waals surface area contributed by atoms with Crippen molar-refractivity contribution in [2.24, 2.45) is 5.92 Å². The van der Waals surface area contributed by atoms with E-state index in [0.717, 1.165) is 12.3 Å². The Hall–Kier alpha value is -1.59. The monoisotopic (exact) mass is 233 g/mol. The van der Waals surface area contributed by atoms with Crippen molar-refractivity contribution < 1.29 is 23.1 Å². The third-order valence-electron chi connectivity index (χ3n) is 2.08. The second kappa shape index (κ2) is 4.51. The van der Waals surface area contributed by atoms with Gasteiger partial charge in [-0.05, 0) is 18.1 Å². The predicted molar refractivity (Wildman–Crippen MR) is 49.7 cm³/mol. The van der Waals surface area contributed by atoms with Gasteiger partial charge in [0.1, 0.15) is 5.69 Å². The Bertz CT molecular complexity index is 373. The van der Waals surface area contributed by atoms with Gasteiger partial charge in [0, 0.05) is 6.20 Å². The van der Waals surface area contributed by atoms with Gasteiger partial charge in [-0.15, -0.1) is 0 Å². The largest absolute Gasteiger partial charge is 0.481 e. The molecule has 0 saturated heterocycles. The Balaban J connectivity index is 2.76. The first-order valence-electron chi connectivity index (χ1n) is 4.55. The van der Waals surface area contributed by atoms with Crippen molar-refractivity contribution in [2.75, 3.05) is 0 Å². The lowest BCUT2D eigenvalue weighted by atomic mass is 10.0. The Labute approximate surface area is 89.9 Å². The molecular formula is C10H10F3NO2. The van der Waals surface area contributed by atoms with Crippen molar-refractivity contribution >= 4 is 5.97 Å². The zero-order chi connectivity index (χ0) is 12.3. The molecule has 0 saturated carbocycles. The summed E-state index contributed by atoms with van der Waals surface area (Å²) in [5.41, 5.74) is -0.498. The summed E-state index contributed by atoms with van der Waals surface area (Å²) in [7, 11) is 0. The molecule has 0 amide bonds. The molecule has 16 heavy (non-hydrogen) atoms. The maximum Gasteiger partial charge on any atom is 0.433 e. The van der Waals surface area contributed by atoms with Crippen LogP contribution in [-0.2, 0) is 17.4 Å². The number of alkyl halides is 3. The number of aliphatic carboxylic acids is 1. The van der Waals surface area contributed by atoms with Crippen molar-refractivity contribution in [1.29, 1.82) is 0 Å². The first-order valence-corrected chi connectivity index (χ1v) is 4.55. The molecule has 1 heterocycles. The van der Waals surface area contributed by atoms with Gasteiger partial charge in [0.15, 0.2) is 0 Å². The van der Waals surface area contributed by atoms with E-state index in [9.17, 15) is 18.0 Å². The smallest absolute Gasteiger partial charge is 0.433 e. The molecule has 0 aliphatic carbocycles. The molecule has 0 aliphatic heterocycles. The Morgan fingerprint density at radius 2 is 2.12 bits per heavy atom. The van der Waals surface area contributed by atoms with E-state index in [1.165, 1.54) is 13.0 Å². The molecule has 0 aromatic carbocycles. The maximum atomic E-state index is 12.2. The van der Waals surface area contributed by atoms with Gasteiger partial charge < -0.3 is 5.11 Å². The average molecular weight is 233 g/mol. The number of carbonyl (C=O) groups is 1. The highest BCUT2D eigenvalue weighted by Crippen LogP contribution is 2.27. The summed E-state index contributed by atoms with van der Waals surface area (Å²) in [6.07, 6.45) is -3.24. The Kier molecular flexibility index (Phi) is 3.51. The summed E-state index contributed by atoms with van der Waals surface area (Å²) in [5.74, 6) is -1.63. The van der Waals surface area contributed by atoms with Gasteiger partial charge in [-0.2, -0.15) is 13.2 Å². The second-order valence-electron chi connectivity index (χ2n) is 3.49. The van der Waals surface area contributed by atoms with Gasteiger partial charge >= 0.3 is 12.1 Å². The van der Waals surface area contributed by atoms with E-state index in [4.69, 9.17) is 5.11 Å². The number of hydrogen-bond donors (Lipinski definition) is 1. The number of pyridine rings is 1. The van der Waals surface area contributed by atoms with Crippen LogP contribution < -0.4 is 0 Å². The molecule has 1 aromatic heterocycles. The number of nitrogens with zero attached hydrogens (tertiary/aromatic N) is 1. The van der Waals surface area contributed by atoms with Gasteiger partial charge in [-0.25, -0.2) is 0 Å². The van der Waals surface area contributed by atoms with Crippen LogP contribution in [0.25, 0.3) is 0 Å². The van der Waals surface area contributed by atoms with Crippen molar-refractivity contribution in [2.45, 2.75) is 19.5 Å². The van der Waals surface area contributed by atoms with E-state index < -0.39 is 23.8 Å². The van der Waals surface area contributed by atoms with Crippen molar-refractivity contribution in [1.82, 2.24) is 4.98 Å². The quantitative estimate of drug-likeness (QED) is 0.871. The van der Waals surface area contributed by atoms with Crippen molar-refractivity contribution in [3.05, 3.63) is 29.6 Å². The van der Waals surface area contributed by atoms with E-state index in [1.807, 2.05) is 0 Å². The number of carboxylic acid groups (broad SMARTS) is 1. The molecule has 0 spiro atoms. The lowest BCUT2D eigenvalue weighted by Crippen LogP contribution is -2.13. The van der Waals surface area contributed by atoms with Crippen molar-refractivity contribution in [3.8, 4) is 0 Å². The fourth-order valence-electron chi connectivity index (χ4n) is 1.15. The van der Waals surface area contributed by atoms with Gasteiger partial charge in [0.2, 0.25) is 0 Å². The van der Waals surface area contributed by atoms with Crippen LogP contribution in [0.3, 0.4) is 0 Å². The molecule has 1 rings (SSSR count). The van der Waals surface area contributed by atoms with E-state index in [-0.39, 0.29) is 6.42 Å². The zero-order valence-corrected chi connectivity index (χ0v) is 8.45. The summed E-state index contributed by atoms with van der Waals surface area (Å²) in [6, 6.07) is 2.10. The van der Waals surface area contributed by atoms with Gasteiger partial charge in [-0.3, -0.25) is 9.78 Å². The van der Waals surface area contributed by atoms with Crippen LogP contribution in [0.4, 0.5) is 13.2 Å². The van der Waals surface area contributed by atoms with E-state index in [0.29, 0.717) is 5.56 Å². The van der Waals surface area contributed by atoms with Crippen LogP contribution in [0.15, 0.2) is 18.3 Å². The van der Waals surface area contributed by atoms with E-state index in [2.05, 4.69) is 4.98 Å². The van der Waals surface area contributed by atoms with Crippen LogP contribution in [0.5, 0.6) is 0 Å². The molecule has 6 heteroatoms. The minimum absolute atomic E-state index is 0.167. The fourth-order valence-corrected chi connectivity index (χ4v) is 1.15. The van der Waals surface area contributed by atoms with Gasteiger partial charge in [0.25, 0.3) is 0 Å². The normalized spacial score (nSPS) is 13.5. The molecule has 88 valence electrons. The first-order chi connectivity index (χ1) is 7.30. The number of carboxylic acids is 1. The first kappa shape index (κ1) is 12.5. The van der Waals surface area contributed by atoms with E-state index in [1.54, 1.807) is 0 Å². The molecule has 1 atom stereocenters. The molecule has 0 bridgehead atoms. The van der Waals surface area contributed by atoms with Crippen LogP contribution >= 0.6 is 0 Å². The zero-order valence-electron chi connectivity index (χ0n) is 8.45. The molecule has 0 radical (unpaired) electrons. The number of hydrogen-bond acceptors (Lipinski definition) is 2. The molecule has 1 aromatic rings. The Morgan fingerprint density at radius 1 is 1.50 bits per heavy atom. The van der Waals surface area contributed by atoms with Gasteiger partial charge in [-0.1, -0.05) is 13.0 Å². The molecular weight excluding hydrogens is 223 g/mol. The SMILES string of the molecule is CC(Cc1ccc(C(F)(F)F)nc1)C(=O)O. The minimum atomic E-state index is -4.46. The summed E-state index contributed by atoms with van der Waals surface area (Å²) < 4.78 is 36.5. The summed E-state index contributed by atoms with van der Waals surface area (Å²) in [5, 5.41) is 8.63. The van der Waals surface area contributed by atoms with Crippen molar-refractivity contribution in [3.63, 3.8) is 0 Å². The molecule has 1 unspecified atom stereocenters. The second-order valence-corrected chi connectivity index (χ2v) is 3.49. The van der Waals surface area contributed by atoms with Crippen LogP contribution in [-0.4, -0.2) is 16.1 Å². The number of halogens is 3. The topological polar surface area (TPSA) is 50.2 Å². The van der Waals surface area contributed by atoms with Crippen LogP contribution in [0.2, 0.25) is 0 Å². The highest BCUT2D eigenvalue weighted by molar-refractivity contribution is 5.69. The summed E-state index contributed by atoms with van der Waals surface area (Å²) >= 11 is 0. The molecule has 0 fully saturated rings.